The minimum absolute atomic E-state index is 0.360. The van der Waals surface area contributed by atoms with Crippen LogP contribution in [0.4, 0.5) is 0 Å². The summed E-state index contributed by atoms with van der Waals surface area (Å²) in [4.78, 5) is 2.47. The maximum atomic E-state index is 5.31. The smallest absolute Gasteiger partial charge is 0.178 e. The van der Waals surface area contributed by atoms with Crippen molar-refractivity contribution in [3.63, 3.8) is 0 Å². The van der Waals surface area contributed by atoms with Gasteiger partial charge >= 0.3 is 0 Å². The second-order valence-electron chi connectivity index (χ2n) is 7.27. The zero-order chi connectivity index (χ0) is 18.9. The van der Waals surface area contributed by atoms with Gasteiger partial charge in [-0.1, -0.05) is 5.16 Å². The fourth-order valence-electron chi connectivity index (χ4n) is 3.79. The first-order valence-electron chi connectivity index (χ1n) is 9.63. The van der Waals surface area contributed by atoms with Crippen LogP contribution in [-0.4, -0.2) is 59.3 Å². The highest BCUT2D eigenvalue weighted by molar-refractivity contribution is 5.39. The maximum Gasteiger partial charge on any atom is 0.178 e. The van der Waals surface area contributed by atoms with Crippen LogP contribution in [-0.2, 0) is 6.42 Å². The molecule has 0 N–H and O–H groups in total. The molecule has 0 atom stereocenters. The van der Waals surface area contributed by atoms with E-state index in [2.05, 4.69) is 25.4 Å². The highest BCUT2D eigenvalue weighted by Gasteiger charge is 2.25. The number of piperidine rings is 1. The van der Waals surface area contributed by atoms with Gasteiger partial charge in [-0.25, -0.2) is 4.68 Å². The van der Waals surface area contributed by atoms with Crippen molar-refractivity contribution in [1.29, 1.82) is 0 Å². The number of nitrogens with zero attached hydrogens (tertiary/aromatic N) is 8. The van der Waals surface area contributed by atoms with Gasteiger partial charge in [0, 0.05) is 37.3 Å². The van der Waals surface area contributed by atoms with E-state index >= 15 is 0 Å². The molecule has 0 aliphatic carbocycles. The maximum absolute atomic E-state index is 5.31. The van der Waals surface area contributed by atoms with E-state index < -0.39 is 0 Å². The van der Waals surface area contributed by atoms with E-state index in [1.807, 2.05) is 41.9 Å². The third-order valence-electron chi connectivity index (χ3n) is 5.32. The minimum Gasteiger partial charge on any atom is -0.361 e. The molecule has 5 heterocycles. The van der Waals surface area contributed by atoms with Gasteiger partial charge < -0.3 is 9.42 Å². The predicted molar refractivity (Wildman–Crippen MR) is 101 cm³/mol. The Morgan fingerprint density at radius 3 is 2.82 bits per heavy atom. The van der Waals surface area contributed by atoms with E-state index in [4.69, 9.17) is 9.62 Å². The van der Waals surface area contributed by atoms with Crippen molar-refractivity contribution in [2.45, 2.75) is 32.1 Å². The molecule has 28 heavy (non-hydrogen) atoms. The predicted octanol–water partition coefficient (Wildman–Crippen LogP) is 2.03. The van der Waals surface area contributed by atoms with Gasteiger partial charge in [-0.15, -0.1) is 15.3 Å². The average molecular weight is 378 g/mol. The minimum atomic E-state index is 0.360. The lowest BCUT2D eigenvalue weighted by molar-refractivity contribution is 0.205. The van der Waals surface area contributed by atoms with Crippen molar-refractivity contribution in [3.05, 3.63) is 53.9 Å². The molecule has 5 rings (SSSR count). The topological polar surface area (TPSA) is 90.2 Å². The summed E-state index contributed by atoms with van der Waals surface area (Å²) in [5.41, 5.74) is 1.71. The molecule has 9 nitrogen and oxygen atoms in total. The first-order chi connectivity index (χ1) is 13.8. The summed E-state index contributed by atoms with van der Waals surface area (Å²) in [6.45, 7) is 5.01. The largest absolute Gasteiger partial charge is 0.361 e. The monoisotopic (exact) mass is 378 g/mol. The lowest BCUT2D eigenvalue weighted by Crippen LogP contribution is -2.35. The van der Waals surface area contributed by atoms with Crippen LogP contribution in [0.2, 0.25) is 0 Å². The third-order valence-corrected chi connectivity index (χ3v) is 5.32. The first kappa shape index (κ1) is 17.1. The Balaban J connectivity index is 1.27. The molecule has 1 aliphatic rings. The van der Waals surface area contributed by atoms with Crippen molar-refractivity contribution < 1.29 is 4.52 Å². The normalized spacial score (nSPS) is 16.2. The molecule has 1 fully saturated rings. The van der Waals surface area contributed by atoms with Crippen LogP contribution < -0.4 is 0 Å². The van der Waals surface area contributed by atoms with E-state index in [-0.39, 0.29) is 0 Å². The molecular weight excluding hydrogens is 356 g/mol. The van der Waals surface area contributed by atoms with Crippen LogP contribution in [0.25, 0.3) is 11.5 Å². The van der Waals surface area contributed by atoms with Gasteiger partial charge in [-0.05, 0) is 51.1 Å². The molecule has 0 bridgehead atoms. The number of fused-ring (bicyclic) bond motifs is 1. The molecule has 1 saturated heterocycles. The number of aromatic nitrogens is 7. The third kappa shape index (κ3) is 3.29. The molecule has 0 radical (unpaired) electrons. The second-order valence-corrected chi connectivity index (χ2v) is 7.27. The van der Waals surface area contributed by atoms with Crippen LogP contribution in [0.15, 0.2) is 41.2 Å². The quantitative estimate of drug-likeness (QED) is 0.525. The summed E-state index contributed by atoms with van der Waals surface area (Å²) in [6, 6.07) is 7.75. The average Bonchev–Trinajstić information content (AvgIpc) is 3.47. The summed E-state index contributed by atoms with van der Waals surface area (Å²) in [5, 5.41) is 21.7. The number of rotatable bonds is 5. The van der Waals surface area contributed by atoms with E-state index in [1.54, 1.807) is 10.9 Å². The Labute approximate surface area is 162 Å². The Bertz CT molecular complexity index is 1060. The molecule has 1 aliphatic heterocycles. The number of likely N-dealkylation sites (tertiary alicyclic amines) is 1. The fourth-order valence-corrected chi connectivity index (χ4v) is 3.79. The van der Waals surface area contributed by atoms with Crippen LogP contribution in [0.3, 0.4) is 0 Å². The van der Waals surface area contributed by atoms with Crippen molar-refractivity contribution >= 4 is 5.65 Å². The standard InChI is InChI=1S/C19H22N8O/c1-14-13-16(28-24-14)7-12-25-10-5-15(6-11-25)19-22-21-17-3-4-18(23-27(17)19)26-9-2-8-20-26/h2-4,8-9,13,15H,5-7,10-12H2,1H3. The molecule has 9 heteroatoms. The highest BCUT2D eigenvalue weighted by atomic mass is 16.5. The van der Waals surface area contributed by atoms with Crippen molar-refractivity contribution in [1.82, 2.24) is 39.6 Å². The molecular formula is C19H22N8O. The summed E-state index contributed by atoms with van der Waals surface area (Å²) < 4.78 is 8.93. The Morgan fingerprint density at radius 2 is 2.07 bits per heavy atom. The molecule has 0 saturated carbocycles. The molecule has 0 aromatic carbocycles. The van der Waals surface area contributed by atoms with Gasteiger partial charge in [-0.2, -0.15) is 9.61 Å². The Kier molecular flexibility index (Phi) is 4.36. The molecule has 144 valence electrons. The van der Waals surface area contributed by atoms with E-state index in [1.165, 1.54) is 0 Å². The summed E-state index contributed by atoms with van der Waals surface area (Å²) >= 11 is 0. The van der Waals surface area contributed by atoms with Gasteiger partial charge in [0.15, 0.2) is 17.3 Å². The number of hydrogen-bond donors (Lipinski definition) is 0. The lowest BCUT2D eigenvalue weighted by atomic mass is 9.96. The molecule has 0 amide bonds. The number of hydrogen-bond acceptors (Lipinski definition) is 7. The second kappa shape index (κ2) is 7.16. The lowest BCUT2D eigenvalue weighted by Gasteiger charge is -2.30. The fraction of sp³-hybridized carbons (Fsp3) is 0.421. The Hall–Kier alpha value is -3.07. The van der Waals surface area contributed by atoms with Gasteiger partial charge in [0.2, 0.25) is 0 Å². The molecule has 0 unspecified atom stereocenters. The zero-order valence-electron chi connectivity index (χ0n) is 15.8. The number of aryl methyl sites for hydroxylation is 1. The first-order valence-corrected chi connectivity index (χ1v) is 9.63. The SMILES string of the molecule is Cc1cc(CCN2CCC(c3nnc4ccc(-n5cccn5)nn34)CC2)on1. The van der Waals surface area contributed by atoms with Gasteiger partial charge in [0.1, 0.15) is 5.76 Å². The summed E-state index contributed by atoms with van der Waals surface area (Å²) in [5.74, 6) is 3.02. The van der Waals surface area contributed by atoms with E-state index in [0.29, 0.717) is 5.92 Å². The van der Waals surface area contributed by atoms with Crippen molar-refractivity contribution in [3.8, 4) is 5.82 Å². The van der Waals surface area contributed by atoms with Crippen LogP contribution >= 0.6 is 0 Å². The van der Waals surface area contributed by atoms with Crippen LogP contribution in [0, 0.1) is 6.92 Å². The highest BCUT2D eigenvalue weighted by Crippen LogP contribution is 2.27. The van der Waals surface area contributed by atoms with Gasteiger partial charge in [0.25, 0.3) is 0 Å². The van der Waals surface area contributed by atoms with Gasteiger partial charge in [0.05, 0.1) is 5.69 Å². The van der Waals surface area contributed by atoms with Crippen molar-refractivity contribution in [2.24, 2.45) is 0 Å². The summed E-state index contributed by atoms with van der Waals surface area (Å²) in [6.07, 6.45) is 6.61. The molecule has 4 aromatic heterocycles. The van der Waals surface area contributed by atoms with Crippen LogP contribution in [0.5, 0.6) is 0 Å². The van der Waals surface area contributed by atoms with Crippen molar-refractivity contribution in [2.75, 3.05) is 19.6 Å². The van der Waals surface area contributed by atoms with Gasteiger partial charge in [-0.3, -0.25) is 0 Å². The zero-order valence-corrected chi connectivity index (χ0v) is 15.8. The molecule has 0 spiro atoms. The van der Waals surface area contributed by atoms with Crippen LogP contribution in [0.1, 0.15) is 36.0 Å². The summed E-state index contributed by atoms with van der Waals surface area (Å²) in [7, 11) is 0. The van der Waals surface area contributed by atoms with E-state index in [9.17, 15) is 0 Å². The van der Waals surface area contributed by atoms with E-state index in [0.717, 1.165) is 67.6 Å². The molecule has 4 aromatic rings. The Morgan fingerprint density at radius 1 is 1.18 bits per heavy atom.